The highest BCUT2D eigenvalue weighted by molar-refractivity contribution is 5.47. The second-order valence-electron chi connectivity index (χ2n) is 5.21. The van der Waals surface area contributed by atoms with Crippen molar-refractivity contribution in [1.82, 2.24) is 0 Å². The van der Waals surface area contributed by atoms with Gasteiger partial charge in [0.2, 0.25) is 0 Å². The third-order valence-corrected chi connectivity index (χ3v) is 3.96. The summed E-state index contributed by atoms with van der Waals surface area (Å²) >= 11 is 0. The Morgan fingerprint density at radius 3 is 2.53 bits per heavy atom. The zero-order chi connectivity index (χ0) is 11.7. The minimum Gasteiger partial charge on any atom is -0.490 e. The number of para-hydroxylation sites is 1. The molecule has 2 aliphatic rings. The van der Waals surface area contributed by atoms with Crippen LogP contribution in [-0.2, 0) is 5.41 Å². The SMILES string of the molecule is N#CC1(c2ccccc2OC2CCCC2)CC1. The fraction of sp³-hybridized carbons (Fsp3) is 0.533. The summed E-state index contributed by atoms with van der Waals surface area (Å²) in [6, 6.07) is 10.5. The summed E-state index contributed by atoms with van der Waals surface area (Å²) in [5.41, 5.74) is 0.865. The number of nitrogens with zero attached hydrogens (tertiary/aromatic N) is 1. The molecule has 88 valence electrons. The van der Waals surface area contributed by atoms with Gasteiger partial charge in [-0.15, -0.1) is 0 Å². The van der Waals surface area contributed by atoms with E-state index in [1.54, 1.807) is 0 Å². The van der Waals surface area contributed by atoms with Crippen LogP contribution in [0.1, 0.15) is 44.1 Å². The monoisotopic (exact) mass is 227 g/mol. The summed E-state index contributed by atoms with van der Waals surface area (Å²) in [4.78, 5) is 0. The minimum absolute atomic E-state index is 0.241. The number of nitriles is 1. The third-order valence-electron chi connectivity index (χ3n) is 3.96. The Labute approximate surface area is 102 Å². The lowest BCUT2D eigenvalue weighted by molar-refractivity contribution is 0.207. The van der Waals surface area contributed by atoms with Crippen LogP contribution in [-0.4, -0.2) is 6.10 Å². The van der Waals surface area contributed by atoms with Crippen molar-refractivity contribution in [1.29, 1.82) is 5.26 Å². The van der Waals surface area contributed by atoms with E-state index in [1.165, 1.54) is 12.8 Å². The van der Waals surface area contributed by atoms with Crippen molar-refractivity contribution >= 4 is 0 Å². The molecule has 0 heterocycles. The zero-order valence-corrected chi connectivity index (χ0v) is 9.98. The first-order valence-corrected chi connectivity index (χ1v) is 6.51. The molecule has 0 bridgehead atoms. The van der Waals surface area contributed by atoms with Crippen LogP contribution in [0.2, 0.25) is 0 Å². The van der Waals surface area contributed by atoms with Gasteiger partial charge in [0, 0.05) is 5.56 Å². The average molecular weight is 227 g/mol. The number of rotatable bonds is 3. The minimum atomic E-state index is -0.241. The summed E-state index contributed by atoms with van der Waals surface area (Å²) in [7, 11) is 0. The van der Waals surface area contributed by atoms with E-state index in [1.807, 2.05) is 18.2 Å². The smallest absolute Gasteiger partial charge is 0.124 e. The van der Waals surface area contributed by atoms with Gasteiger partial charge in [0.25, 0.3) is 0 Å². The summed E-state index contributed by atoms with van der Waals surface area (Å²) < 4.78 is 6.08. The lowest BCUT2D eigenvalue weighted by atomic mass is 9.97. The fourth-order valence-corrected chi connectivity index (χ4v) is 2.72. The van der Waals surface area contributed by atoms with E-state index >= 15 is 0 Å². The second kappa shape index (κ2) is 4.07. The van der Waals surface area contributed by atoms with Crippen LogP contribution >= 0.6 is 0 Å². The molecule has 2 aliphatic carbocycles. The fourth-order valence-electron chi connectivity index (χ4n) is 2.72. The predicted molar refractivity (Wildman–Crippen MR) is 65.9 cm³/mol. The van der Waals surface area contributed by atoms with E-state index in [0.29, 0.717) is 6.10 Å². The molecule has 0 atom stereocenters. The Morgan fingerprint density at radius 2 is 1.88 bits per heavy atom. The van der Waals surface area contributed by atoms with E-state index in [-0.39, 0.29) is 5.41 Å². The molecule has 2 saturated carbocycles. The lowest BCUT2D eigenvalue weighted by Gasteiger charge is -2.18. The van der Waals surface area contributed by atoms with E-state index in [2.05, 4.69) is 12.1 Å². The number of benzene rings is 1. The number of hydrogen-bond acceptors (Lipinski definition) is 2. The van der Waals surface area contributed by atoms with Crippen molar-refractivity contribution in [3.05, 3.63) is 29.8 Å². The maximum absolute atomic E-state index is 9.29. The van der Waals surface area contributed by atoms with Gasteiger partial charge in [-0.05, 0) is 44.6 Å². The molecule has 3 rings (SSSR count). The molecule has 0 saturated heterocycles. The Hall–Kier alpha value is -1.49. The maximum atomic E-state index is 9.29. The molecular weight excluding hydrogens is 210 g/mol. The molecule has 2 heteroatoms. The lowest BCUT2D eigenvalue weighted by Crippen LogP contribution is -2.14. The first-order chi connectivity index (χ1) is 8.34. The molecule has 0 N–H and O–H groups in total. The van der Waals surface area contributed by atoms with Gasteiger partial charge in [0.05, 0.1) is 17.6 Å². The van der Waals surface area contributed by atoms with E-state index in [4.69, 9.17) is 4.74 Å². The quantitative estimate of drug-likeness (QED) is 0.791. The third kappa shape index (κ3) is 1.91. The van der Waals surface area contributed by atoms with Crippen LogP contribution in [0.25, 0.3) is 0 Å². The molecule has 1 aromatic rings. The molecule has 2 nitrogen and oxygen atoms in total. The van der Waals surface area contributed by atoms with Crippen molar-refractivity contribution in [3.63, 3.8) is 0 Å². The first kappa shape index (κ1) is 10.7. The average Bonchev–Trinajstić information content (AvgIpc) is 3.01. The summed E-state index contributed by atoms with van der Waals surface area (Å²) in [5, 5.41) is 9.29. The molecule has 17 heavy (non-hydrogen) atoms. The Morgan fingerprint density at radius 1 is 1.18 bits per heavy atom. The van der Waals surface area contributed by atoms with Gasteiger partial charge in [0.15, 0.2) is 0 Å². The highest BCUT2D eigenvalue weighted by atomic mass is 16.5. The van der Waals surface area contributed by atoms with Gasteiger partial charge >= 0.3 is 0 Å². The standard InChI is InChI=1S/C15H17NO/c16-11-15(9-10-15)13-7-3-4-8-14(13)17-12-5-1-2-6-12/h3-4,7-8,12H,1-2,5-6,9-10H2. The highest BCUT2D eigenvalue weighted by Crippen LogP contribution is 2.51. The summed E-state index contributed by atoms with van der Waals surface area (Å²) in [5.74, 6) is 0.943. The van der Waals surface area contributed by atoms with Gasteiger partial charge in [-0.3, -0.25) is 0 Å². The normalized spacial score (nSPS) is 22.1. The molecule has 0 spiro atoms. The van der Waals surface area contributed by atoms with Crippen molar-refractivity contribution < 1.29 is 4.74 Å². The van der Waals surface area contributed by atoms with Crippen LogP contribution in [0.3, 0.4) is 0 Å². The molecule has 0 aliphatic heterocycles. The van der Waals surface area contributed by atoms with E-state index in [0.717, 1.165) is 37.0 Å². The van der Waals surface area contributed by atoms with Gasteiger partial charge in [-0.1, -0.05) is 18.2 Å². The Balaban J connectivity index is 1.86. The van der Waals surface area contributed by atoms with Gasteiger partial charge in [0.1, 0.15) is 5.75 Å². The van der Waals surface area contributed by atoms with Gasteiger partial charge in [-0.25, -0.2) is 0 Å². The van der Waals surface area contributed by atoms with E-state index in [9.17, 15) is 5.26 Å². The topological polar surface area (TPSA) is 33.0 Å². The Kier molecular flexibility index (Phi) is 2.55. The summed E-state index contributed by atoms with van der Waals surface area (Å²) in [6.45, 7) is 0. The van der Waals surface area contributed by atoms with Crippen molar-refractivity contribution in [2.45, 2.75) is 50.0 Å². The maximum Gasteiger partial charge on any atom is 0.124 e. The van der Waals surface area contributed by atoms with Crippen LogP contribution in [0.15, 0.2) is 24.3 Å². The predicted octanol–water partition coefficient (Wildman–Crippen LogP) is 3.56. The molecular formula is C15H17NO. The second-order valence-corrected chi connectivity index (χ2v) is 5.21. The zero-order valence-electron chi connectivity index (χ0n) is 9.98. The van der Waals surface area contributed by atoms with Crippen LogP contribution < -0.4 is 4.74 Å². The Bertz CT molecular complexity index is 450. The van der Waals surface area contributed by atoms with Crippen LogP contribution in [0.5, 0.6) is 5.75 Å². The van der Waals surface area contributed by atoms with Crippen molar-refractivity contribution in [3.8, 4) is 11.8 Å². The van der Waals surface area contributed by atoms with Crippen LogP contribution in [0.4, 0.5) is 0 Å². The molecule has 0 radical (unpaired) electrons. The van der Waals surface area contributed by atoms with Crippen molar-refractivity contribution in [2.24, 2.45) is 0 Å². The highest BCUT2D eigenvalue weighted by Gasteiger charge is 2.46. The van der Waals surface area contributed by atoms with Crippen LogP contribution in [0, 0.1) is 11.3 Å². The molecule has 2 fully saturated rings. The van der Waals surface area contributed by atoms with E-state index < -0.39 is 0 Å². The number of ether oxygens (including phenoxy) is 1. The molecule has 0 aromatic heterocycles. The largest absolute Gasteiger partial charge is 0.490 e. The number of hydrogen-bond donors (Lipinski definition) is 0. The molecule has 1 aromatic carbocycles. The van der Waals surface area contributed by atoms with Gasteiger partial charge < -0.3 is 4.74 Å². The van der Waals surface area contributed by atoms with Gasteiger partial charge in [-0.2, -0.15) is 5.26 Å². The molecule has 0 amide bonds. The van der Waals surface area contributed by atoms with Crippen molar-refractivity contribution in [2.75, 3.05) is 0 Å². The first-order valence-electron chi connectivity index (χ1n) is 6.51. The summed E-state index contributed by atoms with van der Waals surface area (Å²) in [6.07, 6.45) is 7.20. The molecule has 0 unspecified atom stereocenters.